The van der Waals surface area contributed by atoms with Gasteiger partial charge in [-0.3, -0.25) is 9.59 Å². The Kier molecular flexibility index (Phi) is 4.25. The van der Waals surface area contributed by atoms with Gasteiger partial charge in [0.05, 0.1) is 5.92 Å². The van der Waals surface area contributed by atoms with E-state index in [9.17, 15) is 9.59 Å². The molecule has 1 saturated heterocycles. The highest BCUT2D eigenvalue weighted by Crippen LogP contribution is 2.34. The number of aliphatic carboxylic acids is 1. The quantitative estimate of drug-likeness (QED) is 0.839. The van der Waals surface area contributed by atoms with Crippen LogP contribution < -0.4 is 0 Å². The molecule has 18 heavy (non-hydrogen) atoms. The minimum absolute atomic E-state index is 0.0433. The van der Waals surface area contributed by atoms with Gasteiger partial charge in [0.15, 0.2) is 0 Å². The first kappa shape index (κ1) is 13.4. The van der Waals surface area contributed by atoms with Crippen LogP contribution in [0.25, 0.3) is 0 Å². The Morgan fingerprint density at radius 3 is 2.50 bits per heavy atom. The zero-order valence-electron chi connectivity index (χ0n) is 11.1. The molecule has 0 aromatic carbocycles. The molecule has 1 amide bonds. The number of hydrogen-bond donors (Lipinski definition) is 1. The average molecular weight is 253 g/mol. The zero-order valence-corrected chi connectivity index (χ0v) is 11.1. The zero-order chi connectivity index (χ0) is 13.1. The summed E-state index contributed by atoms with van der Waals surface area (Å²) in [5.74, 6) is -0.872. The van der Waals surface area contributed by atoms with Crippen molar-refractivity contribution in [3.8, 4) is 0 Å². The highest BCUT2D eigenvalue weighted by atomic mass is 16.4. The molecule has 4 heteroatoms. The van der Waals surface area contributed by atoms with Gasteiger partial charge in [0.1, 0.15) is 0 Å². The first-order valence-electron chi connectivity index (χ1n) is 7.16. The maximum Gasteiger partial charge on any atom is 0.306 e. The molecule has 1 aliphatic heterocycles. The number of rotatable bonds is 3. The van der Waals surface area contributed by atoms with Gasteiger partial charge < -0.3 is 10.0 Å². The van der Waals surface area contributed by atoms with Crippen LogP contribution in [0.3, 0.4) is 0 Å². The van der Waals surface area contributed by atoms with Crippen molar-refractivity contribution < 1.29 is 14.7 Å². The first-order valence-corrected chi connectivity index (χ1v) is 7.16. The molecule has 1 saturated carbocycles. The van der Waals surface area contributed by atoms with Gasteiger partial charge in [-0.1, -0.05) is 6.92 Å². The second-order valence-electron chi connectivity index (χ2n) is 5.63. The highest BCUT2D eigenvalue weighted by molar-refractivity contribution is 5.81. The molecule has 0 bridgehead atoms. The normalized spacial score (nSPS) is 32.5. The third-order valence-corrected chi connectivity index (χ3v) is 4.51. The van der Waals surface area contributed by atoms with Crippen LogP contribution in [-0.2, 0) is 9.59 Å². The maximum atomic E-state index is 12.5. The summed E-state index contributed by atoms with van der Waals surface area (Å²) in [6, 6.07) is 0.384. The van der Waals surface area contributed by atoms with Gasteiger partial charge in [-0.25, -0.2) is 0 Å². The maximum absolute atomic E-state index is 12.5. The second-order valence-corrected chi connectivity index (χ2v) is 5.63. The van der Waals surface area contributed by atoms with Gasteiger partial charge in [0.2, 0.25) is 5.91 Å². The molecule has 2 fully saturated rings. The van der Waals surface area contributed by atoms with E-state index in [1.54, 1.807) is 0 Å². The van der Waals surface area contributed by atoms with Crippen molar-refractivity contribution in [2.75, 3.05) is 6.54 Å². The Bertz CT molecular complexity index is 329. The molecule has 1 heterocycles. The van der Waals surface area contributed by atoms with E-state index in [1.807, 2.05) is 4.90 Å². The Balaban J connectivity index is 1.96. The van der Waals surface area contributed by atoms with Crippen molar-refractivity contribution in [3.05, 3.63) is 0 Å². The van der Waals surface area contributed by atoms with Gasteiger partial charge in [0, 0.05) is 18.5 Å². The molecule has 2 aliphatic rings. The molecule has 102 valence electrons. The molecule has 1 aliphatic carbocycles. The summed E-state index contributed by atoms with van der Waals surface area (Å²) < 4.78 is 0. The number of carbonyl (C=O) groups is 2. The van der Waals surface area contributed by atoms with Gasteiger partial charge in [0.25, 0.3) is 0 Å². The average Bonchev–Trinajstić information content (AvgIpc) is 2.87. The van der Waals surface area contributed by atoms with Gasteiger partial charge in [-0.15, -0.1) is 0 Å². The minimum Gasteiger partial charge on any atom is -0.481 e. The van der Waals surface area contributed by atoms with Crippen molar-refractivity contribution in [2.24, 2.45) is 11.8 Å². The molecule has 0 spiro atoms. The van der Waals surface area contributed by atoms with E-state index in [-0.39, 0.29) is 17.7 Å². The van der Waals surface area contributed by atoms with Crippen molar-refractivity contribution in [1.82, 2.24) is 4.90 Å². The molecule has 3 atom stereocenters. The fourth-order valence-corrected chi connectivity index (χ4v) is 3.38. The van der Waals surface area contributed by atoms with Gasteiger partial charge in [-0.05, 0) is 44.9 Å². The largest absolute Gasteiger partial charge is 0.481 e. The molecular weight excluding hydrogens is 230 g/mol. The fourth-order valence-electron chi connectivity index (χ4n) is 3.38. The number of nitrogens with zero attached hydrogens (tertiary/aromatic N) is 1. The first-order chi connectivity index (χ1) is 8.63. The van der Waals surface area contributed by atoms with Crippen LogP contribution in [0.5, 0.6) is 0 Å². The number of piperidine rings is 1. The second kappa shape index (κ2) is 5.72. The number of likely N-dealkylation sites (tertiary alicyclic amines) is 1. The summed E-state index contributed by atoms with van der Waals surface area (Å²) in [5.41, 5.74) is 0. The molecule has 0 radical (unpaired) electrons. The summed E-state index contributed by atoms with van der Waals surface area (Å²) in [5, 5.41) is 9.00. The van der Waals surface area contributed by atoms with Crippen LogP contribution in [0.2, 0.25) is 0 Å². The van der Waals surface area contributed by atoms with Crippen LogP contribution in [0.1, 0.15) is 51.9 Å². The SMILES string of the molecule is CCC1CCCCN1C(=O)C1CCC(C(=O)O)C1. The summed E-state index contributed by atoms with van der Waals surface area (Å²) in [7, 11) is 0. The molecule has 2 rings (SSSR count). The van der Waals surface area contributed by atoms with Crippen LogP contribution in [-0.4, -0.2) is 34.5 Å². The van der Waals surface area contributed by atoms with E-state index in [0.29, 0.717) is 18.9 Å². The van der Waals surface area contributed by atoms with Crippen molar-refractivity contribution in [1.29, 1.82) is 0 Å². The van der Waals surface area contributed by atoms with Crippen molar-refractivity contribution in [2.45, 2.75) is 57.9 Å². The summed E-state index contributed by atoms with van der Waals surface area (Å²) in [6.07, 6.45) is 6.39. The predicted octanol–water partition coefficient (Wildman–Crippen LogP) is 2.28. The number of carboxylic acids is 1. The molecule has 1 N–H and O–H groups in total. The minimum atomic E-state index is -0.740. The van der Waals surface area contributed by atoms with E-state index in [4.69, 9.17) is 5.11 Å². The third kappa shape index (κ3) is 2.68. The van der Waals surface area contributed by atoms with Crippen LogP contribution in [0, 0.1) is 11.8 Å². The lowest BCUT2D eigenvalue weighted by Crippen LogP contribution is -2.45. The standard InChI is InChI=1S/C14H23NO3/c1-2-12-5-3-4-8-15(12)13(16)10-6-7-11(9-10)14(17)18/h10-12H,2-9H2,1H3,(H,17,18). The van der Waals surface area contributed by atoms with Gasteiger partial charge in [-0.2, -0.15) is 0 Å². The Morgan fingerprint density at radius 2 is 1.89 bits per heavy atom. The third-order valence-electron chi connectivity index (χ3n) is 4.51. The van der Waals surface area contributed by atoms with E-state index in [0.717, 1.165) is 32.2 Å². The number of carbonyl (C=O) groups excluding carboxylic acids is 1. The fraction of sp³-hybridized carbons (Fsp3) is 0.857. The lowest BCUT2D eigenvalue weighted by atomic mass is 9.96. The monoisotopic (exact) mass is 253 g/mol. The summed E-state index contributed by atoms with van der Waals surface area (Å²) in [4.78, 5) is 25.4. The highest BCUT2D eigenvalue weighted by Gasteiger charge is 2.37. The van der Waals surface area contributed by atoms with Crippen molar-refractivity contribution >= 4 is 11.9 Å². The smallest absolute Gasteiger partial charge is 0.306 e. The van der Waals surface area contributed by atoms with E-state index in [1.165, 1.54) is 6.42 Å². The molecule has 0 aromatic rings. The van der Waals surface area contributed by atoms with E-state index < -0.39 is 5.97 Å². The van der Waals surface area contributed by atoms with Crippen LogP contribution >= 0.6 is 0 Å². The van der Waals surface area contributed by atoms with Crippen LogP contribution in [0.4, 0.5) is 0 Å². The molecule has 3 unspecified atom stereocenters. The molecular formula is C14H23NO3. The predicted molar refractivity (Wildman–Crippen MR) is 68.1 cm³/mol. The summed E-state index contributed by atoms with van der Waals surface area (Å²) in [6.45, 7) is 3.00. The number of carboxylic acid groups (broad SMARTS) is 1. The Hall–Kier alpha value is -1.06. The van der Waals surface area contributed by atoms with Crippen molar-refractivity contribution in [3.63, 3.8) is 0 Å². The number of amides is 1. The van der Waals surface area contributed by atoms with Crippen LogP contribution in [0.15, 0.2) is 0 Å². The summed E-state index contributed by atoms with van der Waals surface area (Å²) >= 11 is 0. The lowest BCUT2D eigenvalue weighted by Gasteiger charge is -2.37. The number of hydrogen-bond acceptors (Lipinski definition) is 2. The van der Waals surface area contributed by atoms with E-state index in [2.05, 4.69) is 6.92 Å². The topological polar surface area (TPSA) is 57.6 Å². The van der Waals surface area contributed by atoms with Gasteiger partial charge >= 0.3 is 5.97 Å². The lowest BCUT2D eigenvalue weighted by molar-refractivity contribution is -0.142. The Morgan fingerprint density at radius 1 is 1.17 bits per heavy atom. The molecule has 0 aromatic heterocycles. The van der Waals surface area contributed by atoms with E-state index >= 15 is 0 Å². The Labute approximate surface area is 108 Å². The molecule has 4 nitrogen and oxygen atoms in total.